The Kier molecular flexibility index (Phi) is 4.62. The van der Waals surface area contributed by atoms with E-state index in [1.807, 2.05) is 0 Å². The molecule has 2 atom stereocenters. The van der Waals surface area contributed by atoms with Crippen LogP contribution < -0.4 is 10.1 Å². The fourth-order valence-corrected chi connectivity index (χ4v) is 2.60. The fraction of sp³-hybridized carbons (Fsp3) is 0.533. The zero-order valence-electron chi connectivity index (χ0n) is 11.2. The molecular formula is C15H19FN2O. The molecular weight excluding hydrogens is 243 g/mol. The quantitative estimate of drug-likeness (QED) is 0.844. The first-order valence-electron chi connectivity index (χ1n) is 6.74. The summed E-state index contributed by atoms with van der Waals surface area (Å²) in [6.07, 6.45) is 5.35. The van der Waals surface area contributed by atoms with Gasteiger partial charge in [0.1, 0.15) is 0 Å². The van der Waals surface area contributed by atoms with Gasteiger partial charge in [-0.05, 0) is 25.0 Å². The van der Waals surface area contributed by atoms with E-state index in [0.717, 1.165) is 31.4 Å². The van der Waals surface area contributed by atoms with Crippen LogP contribution in [-0.4, -0.2) is 13.2 Å². The van der Waals surface area contributed by atoms with E-state index < -0.39 is 0 Å². The van der Waals surface area contributed by atoms with Crippen molar-refractivity contribution in [2.75, 3.05) is 12.4 Å². The van der Waals surface area contributed by atoms with Crippen molar-refractivity contribution in [3.8, 4) is 11.8 Å². The van der Waals surface area contributed by atoms with Gasteiger partial charge < -0.3 is 10.1 Å². The third-order valence-electron chi connectivity index (χ3n) is 3.68. The molecule has 0 saturated heterocycles. The minimum atomic E-state index is -0.370. The van der Waals surface area contributed by atoms with E-state index in [4.69, 9.17) is 4.74 Å². The van der Waals surface area contributed by atoms with Crippen molar-refractivity contribution in [3.63, 3.8) is 0 Å². The summed E-state index contributed by atoms with van der Waals surface area (Å²) < 4.78 is 18.3. The third kappa shape index (κ3) is 3.37. The van der Waals surface area contributed by atoms with Gasteiger partial charge in [0.15, 0.2) is 11.6 Å². The van der Waals surface area contributed by atoms with Crippen LogP contribution >= 0.6 is 0 Å². The maximum absolute atomic E-state index is 13.4. The summed E-state index contributed by atoms with van der Waals surface area (Å²) in [7, 11) is 1.45. The van der Waals surface area contributed by atoms with E-state index in [2.05, 4.69) is 11.4 Å². The highest BCUT2D eigenvalue weighted by Crippen LogP contribution is 2.28. The summed E-state index contributed by atoms with van der Waals surface area (Å²) in [4.78, 5) is 0. The largest absolute Gasteiger partial charge is 0.494 e. The standard InChI is InChI=1S/C15H19FN2O/c1-19-15-9-12(7-8-13(15)16)18-14-6-4-2-3-5-11(14)10-17/h7-9,11,14,18H,2-6H2,1H3. The second kappa shape index (κ2) is 6.42. The molecule has 0 aliphatic heterocycles. The molecule has 1 aromatic carbocycles. The molecule has 0 heterocycles. The number of benzene rings is 1. The highest BCUT2D eigenvalue weighted by Gasteiger charge is 2.23. The summed E-state index contributed by atoms with van der Waals surface area (Å²) in [6, 6.07) is 7.26. The number of nitrogens with one attached hydrogen (secondary N) is 1. The highest BCUT2D eigenvalue weighted by atomic mass is 19.1. The minimum Gasteiger partial charge on any atom is -0.494 e. The van der Waals surface area contributed by atoms with E-state index in [9.17, 15) is 9.65 Å². The Morgan fingerprint density at radius 3 is 2.84 bits per heavy atom. The zero-order chi connectivity index (χ0) is 13.7. The van der Waals surface area contributed by atoms with Crippen LogP contribution in [0, 0.1) is 23.1 Å². The van der Waals surface area contributed by atoms with Gasteiger partial charge in [0.05, 0.1) is 19.1 Å². The van der Waals surface area contributed by atoms with E-state index in [0.29, 0.717) is 0 Å². The lowest BCUT2D eigenvalue weighted by Crippen LogP contribution is -2.27. The molecule has 1 aromatic rings. The van der Waals surface area contributed by atoms with Crippen LogP contribution in [0.3, 0.4) is 0 Å². The number of ether oxygens (including phenoxy) is 1. The third-order valence-corrected chi connectivity index (χ3v) is 3.68. The Morgan fingerprint density at radius 1 is 1.32 bits per heavy atom. The molecule has 1 fully saturated rings. The summed E-state index contributed by atoms with van der Waals surface area (Å²) in [5.74, 6) is -0.114. The number of hydrogen-bond donors (Lipinski definition) is 1. The fourth-order valence-electron chi connectivity index (χ4n) is 2.60. The minimum absolute atomic E-state index is 0.0264. The molecule has 1 N–H and O–H groups in total. The summed E-state index contributed by atoms with van der Waals surface area (Å²) >= 11 is 0. The predicted octanol–water partition coefficient (Wildman–Crippen LogP) is 3.72. The molecule has 4 heteroatoms. The molecule has 19 heavy (non-hydrogen) atoms. The SMILES string of the molecule is COc1cc(NC2CCCCCC2C#N)ccc1F. The van der Waals surface area contributed by atoms with Crippen LogP contribution in [0.25, 0.3) is 0 Å². The Labute approximate surface area is 113 Å². The smallest absolute Gasteiger partial charge is 0.165 e. The van der Waals surface area contributed by atoms with Gasteiger partial charge >= 0.3 is 0 Å². The van der Waals surface area contributed by atoms with E-state index in [-0.39, 0.29) is 23.5 Å². The first-order chi connectivity index (χ1) is 9.24. The van der Waals surface area contributed by atoms with Gasteiger partial charge in [0.25, 0.3) is 0 Å². The van der Waals surface area contributed by atoms with Gasteiger partial charge in [-0.2, -0.15) is 5.26 Å². The first kappa shape index (κ1) is 13.7. The lowest BCUT2D eigenvalue weighted by molar-refractivity contribution is 0.386. The number of nitrogens with zero attached hydrogens (tertiary/aromatic N) is 1. The number of hydrogen-bond acceptors (Lipinski definition) is 3. The second-order valence-electron chi connectivity index (χ2n) is 4.97. The van der Waals surface area contributed by atoms with Gasteiger partial charge in [0, 0.05) is 17.8 Å². The summed E-state index contributed by atoms with van der Waals surface area (Å²) in [5, 5.41) is 12.6. The molecule has 0 aromatic heterocycles. The van der Waals surface area contributed by atoms with E-state index in [1.54, 1.807) is 12.1 Å². The van der Waals surface area contributed by atoms with Crippen LogP contribution in [0.5, 0.6) is 5.75 Å². The first-order valence-corrected chi connectivity index (χ1v) is 6.74. The highest BCUT2D eigenvalue weighted by molar-refractivity contribution is 5.49. The van der Waals surface area contributed by atoms with Crippen LogP contribution in [-0.2, 0) is 0 Å². The van der Waals surface area contributed by atoms with Crippen molar-refractivity contribution < 1.29 is 9.13 Å². The maximum atomic E-state index is 13.4. The molecule has 0 radical (unpaired) electrons. The number of nitriles is 1. The summed E-state index contributed by atoms with van der Waals surface area (Å²) in [5.41, 5.74) is 0.811. The maximum Gasteiger partial charge on any atom is 0.165 e. The molecule has 1 aliphatic rings. The number of anilines is 1. The number of methoxy groups -OCH3 is 1. The normalized spacial score (nSPS) is 23.2. The molecule has 0 amide bonds. The monoisotopic (exact) mass is 262 g/mol. The molecule has 102 valence electrons. The van der Waals surface area contributed by atoms with E-state index >= 15 is 0 Å². The molecule has 1 saturated carbocycles. The van der Waals surface area contributed by atoms with Crippen LogP contribution in [0.1, 0.15) is 32.1 Å². The van der Waals surface area contributed by atoms with Gasteiger partial charge in [-0.25, -0.2) is 4.39 Å². The Balaban J connectivity index is 2.12. The lowest BCUT2D eigenvalue weighted by Gasteiger charge is -2.22. The molecule has 0 spiro atoms. The van der Waals surface area contributed by atoms with E-state index in [1.165, 1.54) is 19.6 Å². The molecule has 3 nitrogen and oxygen atoms in total. The zero-order valence-corrected chi connectivity index (χ0v) is 11.2. The van der Waals surface area contributed by atoms with Crippen molar-refractivity contribution in [2.24, 2.45) is 5.92 Å². The number of halogens is 1. The summed E-state index contributed by atoms with van der Waals surface area (Å²) in [6.45, 7) is 0. The van der Waals surface area contributed by atoms with Crippen molar-refractivity contribution in [1.82, 2.24) is 0 Å². The molecule has 0 bridgehead atoms. The van der Waals surface area contributed by atoms with Gasteiger partial charge in [-0.15, -0.1) is 0 Å². The van der Waals surface area contributed by atoms with Crippen LogP contribution in [0.15, 0.2) is 18.2 Å². The Bertz CT molecular complexity index is 470. The van der Waals surface area contributed by atoms with Crippen LogP contribution in [0.4, 0.5) is 10.1 Å². The van der Waals surface area contributed by atoms with Crippen LogP contribution in [0.2, 0.25) is 0 Å². The van der Waals surface area contributed by atoms with Gasteiger partial charge in [0.2, 0.25) is 0 Å². The number of rotatable bonds is 3. The second-order valence-corrected chi connectivity index (χ2v) is 4.97. The predicted molar refractivity (Wildman–Crippen MR) is 72.6 cm³/mol. The van der Waals surface area contributed by atoms with Crippen molar-refractivity contribution in [3.05, 3.63) is 24.0 Å². The molecule has 2 unspecified atom stereocenters. The van der Waals surface area contributed by atoms with Crippen molar-refractivity contribution in [1.29, 1.82) is 5.26 Å². The lowest BCUT2D eigenvalue weighted by atomic mass is 9.96. The molecule has 1 aliphatic carbocycles. The Hall–Kier alpha value is -1.76. The van der Waals surface area contributed by atoms with Gasteiger partial charge in [-0.1, -0.05) is 19.3 Å². The average molecular weight is 262 g/mol. The van der Waals surface area contributed by atoms with Gasteiger partial charge in [-0.3, -0.25) is 0 Å². The molecule has 2 rings (SSSR count). The average Bonchev–Trinajstić information content (AvgIpc) is 2.66. The van der Waals surface area contributed by atoms with Crippen molar-refractivity contribution >= 4 is 5.69 Å². The topological polar surface area (TPSA) is 45.0 Å². The Morgan fingerprint density at radius 2 is 2.11 bits per heavy atom. The van der Waals surface area contributed by atoms with Crippen molar-refractivity contribution in [2.45, 2.75) is 38.1 Å².